The Hall–Kier alpha value is -0.830. The number of hydrogen-bond acceptors (Lipinski definition) is 6. The third-order valence-corrected chi connectivity index (χ3v) is 6.01. The van der Waals surface area contributed by atoms with Gasteiger partial charge in [0.15, 0.2) is 0 Å². The molecular formula is C15H29N5O2S. The van der Waals surface area contributed by atoms with Gasteiger partial charge in [0.2, 0.25) is 11.8 Å². The number of thioether (sulfide) groups is 1. The third-order valence-electron chi connectivity index (χ3n) is 4.76. The van der Waals surface area contributed by atoms with Gasteiger partial charge in [0, 0.05) is 6.67 Å². The first-order chi connectivity index (χ1) is 10.8. The van der Waals surface area contributed by atoms with Crippen molar-refractivity contribution in [3.63, 3.8) is 0 Å². The lowest BCUT2D eigenvalue weighted by atomic mass is 9.84. The van der Waals surface area contributed by atoms with Gasteiger partial charge in [-0.1, -0.05) is 13.8 Å². The first-order valence-electron chi connectivity index (χ1n) is 8.15. The molecule has 23 heavy (non-hydrogen) atoms. The minimum absolute atomic E-state index is 0.00622. The van der Waals surface area contributed by atoms with E-state index < -0.39 is 11.9 Å². The van der Waals surface area contributed by atoms with Crippen LogP contribution in [0.3, 0.4) is 0 Å². The summed E-state index contributed by atoms with van der Waals surface area (Å²) >= 11 is 1.75. The van der Waals surface area contributed by atoms with Crippen LogP contribution in [-0.2, 0) is 9.59 Å². The van der Waals surface area contributed by atoms with Crippen LogP contribution in [0.4, 0.5) is 0 Å². The van der Waals surface area contributed by atoms with Gasteiger partial charge < -0.3 is 16.0 Å². The zero-order valence-corrected chi connectivity index (χ0v) is 15.2. The normalized spacial score (nSPS) is 31.6. The van der Waals surface area contributed by atoms with Crippen molar-refractivity contribution in [3.05, 3.63) is 0 Å². The van der Waals surface area contributed by atoms with Crippen molar-refractivity contribution in [2.24, 2.45) is 11.1 Å². The van der Waals surface area contributed by atoms with Gasteiger partial charge >= 0.3 is 0 Å². The van der Waals surface area contributed by atoms with Gasteiger partial charge in [0.25, 0.3) is 0 Å². The summed E-state index contributed by atoms with van der Waals surface area (Å²) < 4.78 is 0. The summed E-state index contributed by atoms with van der Waals surface area (Å²) in [4.78, 5) is 26.7. The maximum atomic E-state index is 13.0. The quantitative estimate of drug-likeness (QED) is 0.491. The Morgan fingerprint density at radius 3 is 2.83 bits per heavy atom. The number of nitrogens with zero attached hydrogens (tertiary/aromatic N) is 1. The number of fused-ring (bicyclic) bond motifs is 1. The number of hydrogen-bond donors (Lipinski definition) is 4. The van der Waals surface area contributed by atoms with Crippen molar-refractivity contribution in [2.75, 3.05) is 19.5 Å². The molecule has 0 aliphatic carbocycles. The van der Waals surface area contributed by atoms with Crippen LogP contribution in [0.15, 0.2) is 0 Å². The Labute approximate surface area is 142 Å². The summed E-state index contributed by atoms with van der Waals surface area (Å²) in [6, 6.07) is -0.807. The van der Waals surface area contributed by atoms with E-state index in [1.165, 1.54) is 0 Å². The van der Waals surface area contributed by atoms with E-state index in [4.69, 9.17) is 5.73 Å². The topological polar surface area (TPSA) is 99.5 Å². The molecule has 2 amide bonds. The van der Waals surface area contributed by atoms with Crippen LogP contribution in [0.5, 0.6) is 0 Å². The predicted molar refractivity (Wildman–Crippen MR) is 92.5 cm³/mol. The van der Waals surface area contributed by atoms with E-state index in [1.54, 1.807) is 16.7 Å². The average Bonchev–Trinajstić information content (AvgIpc) is 2.66. The van der Waals surface area contributed by atoms with Crippen molar-refractivity contribution in [1.29, 1.82) is 0 Å². The molecule has 0 bridgehead atoms. The molecule has 7 nitrogen and oxygen atoms in total. The average molecular weight is 343 g/mol. The van der Waals surface area contributed by atoms with E-state index in [1.807, 2.05) is 27.8 Å². The zero-order chi connectivity index (χ0) is 17.2. The second-order valence-electron chi connectivity index (χ2n) is 7.01. The van der Waals surface area contributed by atoms with Crippen molar-refractivity contribution in [3.8, 4) is 0 Å². The Balaban J connectivity index is 2.09. The number of carbonyl (C=O) groups is 2. The van der Waals surface area contributed by atoms with Gasteiger partial charge in [-0.3, -0.25) is 20.2 Å². The highest BCUT2D eigenvalue weighted by Gasteiger charge is 2.53. The molecule has 132 valence electrons. The summed E-state index contributed by atoms with van der Waals surface area (Å²) in [5.74, 6) is 0.482. The second kappa shape index (κ2) is 7.38. The highest BCUT2D eigenvalue weighted by molar-refractivity contribution is 7.99. The van der Waals surface area contributed by atoms with Crippen molar-refractivity contribution >= 4 is 23.6 Å². The van der Waals surface area contributed by atoms with Crippen LogP contribution < -0.4 is 21.7 Å². The van der Waals surface area contributed by atoms with Gasteiger partial charge in [0.05, 0.1) is 17.6 Å². The number of amides is 2. The molecule has 0 radical (unpaired) electrons. The molecule has 4 atom stereocenters. The fraction of sp³-hybridized carbons (Fsp3) is 0.867. The van der Waals surface area contributed by atoms with E-state index in [0.29, 0.717) is 6.67 Å². The molecule has 2 aliphatic rings. The van der Waals surface area contributed by atoms with E-state index in [0.717, 1.165) is 18.6 Å². The minimum atomic E-state index is -0.529. The smallest absolute Gasteiger partial charge is 0.241 e. The molecule has 5 N–H and O–H groups in total. The van der Waals surface area contributed by atoms with E-state index in [-0.39, 0.29) is 28.9 Å². The number of rotatable bonds is 6. The Bertz CT molecular complexity index is 459. The lowest BCUT2D eigenvalue weighted by molar-refractivity contribution is -0.141. The van der Waals surface area contributed by atoms with Crippen LogP contribution in [0.1, 0.15) is 33.6 Å². The lowest BCUT2D eigenvalue weighted by Gasteiger charge is -2.32. The van der Waals surface area contributed by atoms with Crippen LogP contribution >= 0.6 is 11.8 Å². The molecule has 2 aliphatic heterocycles. The molecule has 3 unspecified atom stereocenters. The van der Waals surface area contributed by atoms with Crippen molar-refractivity contribution in [1.82, 2.24) is 20.9 Å². The first kappa shape index (κ1) is 18.5. The molecule has 2 saturated heterocycles. The van der Waals surface area contributed by atoms with Crippen molar-refractivity contribution in [2.45, 2.75) is 57.2 Å². The summed E-state index contributed by atoms with van der Waals surface area (Å²) in [6.45, 7) is 6.58. The predicted octanol–water partition coefficient (Wildman–Crippen LogP) is -0.367. The van der Waals surface area contributed by atoms with Crippen LogP contribution in [0.2, 0.25) is 0 Å². The minimum Gasteiger partial charge on any atom is -0.368 e. The van der Waals surface area contributed by atoms with E-state index in [2.05, 4.69) is 16.0 Å². The number of carbonyl (C=O) groups excluding carboxylic acids is 2. The van der Waals surface area contributed by atoms with E-state index >= 15 is 0 Å². The first-order valence-corrected chi connectivity index (χ1v) is 9.20. The molecule has 8 heteroatoms. The summed E-state index contributed by atoms with van der Waals surface area (Å²) in [5, 5.41) is 9.64. The SMILES string of the molecule is CN[C@@H](C)NCNC1CCSC2CC(C)(C)C(C(N)=O)N2C1=O. The lowest BCUT2D eigenvalue weighted by Crippen LogP contribution is -2.56. The Morgan fingerprint density at radius 2 is 2.22 bits per heavy atom. The monoisotopic (exact) mass is 343 g/mol. The molecule has 2 heterocycles. The molecule has 0 aromatic rings. The van der Waals surface area contributed by atoms with Crippen LogP contribution in [0.25, 0.3) is 0 Å². The molecule has 2 fully saturated rings. The zero-order valence-electron chi connectivity index (χ0n) is 14.4. The number of primary amides is 1. The summed E-state index contributed by atoms with van der Waals surface area (Å²) in [5.41, 5.74) is 5.34. The fourth-order valence-electron chi connectivity index (χ4n) is 3.39. The molecule has 0 saturated carbocycles. The second-order valence-corrected chi connectivity index (χ2v) is 8.29. The third kappa shape index (κ3) is 3.99. The van der Waals surface area contributed by atoms with Gasteiger partial charge in [-0.25, -0.2) is 0 Å². The highest BCUT2D eigenvalue weighted by atomic mass is 32.2. The Morgan fingerprint density at radius 1 is 1.52 bits per heavy atom. The molecule has 0 aromatic carbocycles. The number of nitrogens with two attached hydrogens (primary N) is 1. The molecule has 2 rings (SSSR count). The summed E-state index contributed by atoms with van der Waals surface area (Å²) in [6.07, 6.45) is 1.73. The van der Waals surface area contributed by atoms with Gasteiger partial charge in [0.1, 0.15) is 6.04 Å². The number of nitrogens with one attached hydrogen (secondary N) is 3. The summed E-state index contributed by atoms with van der Waals surface area (Å²) in [7, 11) is 1.87. The standard InChI is InChI=1S/C15H29N5O2S/c1-9(17-4)18-8-19-10-5-6-23-11-7-15(2,3)12(13(16)21)20(11)14(10)22/h9-12,17-19H,5-8H2,1-4H3,(H2,16,21)/t9-,10?,11?,12?/m1/s1. The maximum Gasteiger partial charge on any atom is 0.241 e. The van der Waals surface area contributed by atoms with Gasteiger partial charge in [-0.05, 0) is 38.0 Å². The molecular weight excluding hydrogens is 314 g/mol. The largest absolute Gasteiger partial charge is 0.368 e. The molecule has 0 aromatic heterocycles. The fourth-order valence-corrected chi connectivity index (χ4v) is 4.96. The maximum absolute atomic E-state index is 13.0. The van der Waals surface area contributed by atoms with Gasteiger partial charge in [-0.2, -0.15) is 0 Å². The van der Waals surface area contributed by atoms with Crippen molar-refractivity contribution < 1.29 is 9.59 Å². The van der Waals surface area contributed by atoms with Gasteiger partial charge in [-0.15, -0.1) is 11.8 Å². The van der Waals surface area contributed by atoms with Crippen LogP contribution in [0, 0.1) is 5.41 Å². The molecule has 0 spiro atoms. The van der Waals surface area contributed by atoms with Crippen LogP contribution in [-0.4, -0.2) is 59.8 Å². The van der Waals surface area contributed by atoms with E-state index in [9.17, 15) is 9.59 Å². The Kier molecular flexibility index (Phi) is 5.94. The highest BCUT2D eigenvalue weighted by Crippen LogP contribution is 2.45.